The monoisotopic (exact) mass is 292 g/mol. The molecule has 122 valence electrons. The van der Waals surface area contributed by atoms with E-state index >= 15 is 0 Å². The van der Waals surface area contributed by atoms with Crippen molar-refractivity contribution in [2.45, 2.75) is 92.6 Å². The Hall–Kier alpha value is -0.0400. The highest BCUT2D eigenvalue weighted by molar-refractivity contribution is 5.10. The molecule has 0 aromatic heterocycles. The summed E-state index contributed by atoms with van der Waals surface area (Å²) in [4.78, 5) is 0. The molecule has 1 nitrogen and oxygen atoms in total. The van der Waals surface area contributed by atoms with Crippen LogP contribution >= 0.6 is 0 Å². The van der Waals surface area contributed by atoms with Gasteiger partial charge in [0.05, 0.1) is 6.10 Å². The fraction of sp³-hybridized carbons (Fsp3) is 1.00. The highest BCUT2D eigenvalue weighted by Gasteiger charge is 2.60. The zero-order valence-corrected chi connectivity index (χ0v) is 15.1. The van der Waals surface area contributed by atoms with E-state index in [9.17, 15) is 5.11 Å². The second kappa shape index (κ2) is 4.49. The molecule has 4 bridgehead atoms. The number of hydrogen-bond donors (Lipinski definition) is 1. The highest BCUT2D eigenvalue weighted by atomic mass is 16.3. The van der Waals surface area contributed by atoms with E-state index < -0.39 is 0 Å². The van der Waals surface area contributed by atoms with E-state index in [2.05, 4.69) is 41.5 Å². The molecule has 4 aliphatic carbocycles. The van der Waals surface area contributed by atoms with Crippen LogP contribution in [-0.2, 0) is 0 Å². The molecular formula is C20H36O. The van der Waals surface area contributed by atoms with Crippen LogP contribution in [0.15, 0.2) is 0 Å². The Labute approximate surface area is 131 Å². The third kappa shape index (κ3) is 1.92. The smallest absolute Gasteiger partial charge is 0.0601 e. The number of aliphatic hydroxyl groups excluding tert-OH is 1. The van der Waals surface area contributed by atoms with Gasteiger partial charge in [-0.15, -0.1) is 0 Å². The first-order valence-electron chi connectivity index (χ1n) is 9.23. The van der Waals surface area contributed by atoms with Crippen molar-refractivity contribution >= 4 is 0 Å². The minimum atomic E-state index is -0.0313. The summed E-state index contributed by atoms with van der Waals surface area (Å²) in [6.07, 6.45) is 9.56. The van der Waals surface area contributed by atoms with E-state index in [1.165, 1.54) is 38.5 Å². The van der Waals surface area contributed by atoms with E-state index in [1.807, 2.05) is 0 Å². The third-order valence-electron chi connectivity index (χ3n) is 9.41. The Morgan fingerprint density at radius 3 is 1.38 bits per heavy atom. The first-order chi connectivity index (χ1) is 9.55. The van der Waals surface area contributed by atoms with E-state index in [0.717, 1.165) is 18.3 Å². The highest BCUT2D eigenvalue weighted by Crippen LogP contribution is 2.66. The number of rotatable bonds is 0. The quantitative estimate of drug-likeness (QED) is 0.632. The minimum absolute atomic E-state index is 0.0313. The van der Waals surface area contributed by atoms with Crippen molar-refractivity contribution in [2.24, 2.45) is 33.5 Å². The van der Waals surface area contributed by atoms with Crippen molar-refractivity contribution in [2.75, 3.05) is 0 Å². The molecule has 0 heterocycles. The van der Waals surface area contributed by atoms with Crippen molar-refractivity contribution in [1.82, 2.24) is 0 Å². The Bertz CT molecular complexity index is 411. The summed E-state index contributed by atoms with van der Waals surface area (Å²) in [5, 5.41) is 9.81. The SMILES string of the molecule is CC1(C)[C@@H]2CC[C@@]1(C)[C@@H](O)C2.CC12CCC(CC1)C2(C)C. The van der Waals surface area contributed by atoms with Crippen LogP contribution in [-0.4, -0.2) is 11.2 Å². The molecule has 0 aromatic rings. The lowest BCUT2D eigenvalue weighted by molar-refractivity contribution is 0.0126. The van der Waals surface area contributed by atoms with Gasteiger partial charge in [-0.3, -0.25) is 0 Å². The lowest BCUT2D eigenvalue weighted by Gasteiger charge is -2.36. The summed E-state index contributed by atoms with van der Waals surface area (Å²) >= 11 is 0. The van der Waals surface area contributed by atoms with Gasteiger partial charge in [-0.2, -0.15) is 0 Å². The molecule has 1 N–H and O–H groups in total. The molecule has 0 amide bonds. The van der Waals surface area contributed by atoms with E-state index in [1.54, 1.807) is 0 Å². The number of aliphatic hydroxyl groups is 1. The van der Waals surface area contributed by atoms with Gasteiger partial charge in [-0.1, -0.05) is 41.5 Å². The lowest BCUT2D eigenvalue weighted by Crippen LogP contribution is -2.35. The summed E-state index contributed by atoms with van der Waals surface area (Å²) in [6, 6.07) is 0. The Morgan fingerprint density at radius 2 is 1.24 bits per heavy atom. The zero-order chi connectivity index (χ0) is 15.7. The van der Waals surface area contributed by atoms with Gasteiger partial charge in [-0.25, -0.2) is 0 Å². The topological polar surface area (TPSA) is 20.2 Å². The van der Waals surface area contributed by atoms with Crippen LogP contribution in [0.25, 0.3) is 0 Å². The maximum atomic E-state index is 9.81. The van der Waals surface area contributed by atoms with Crippen molar-refractivity contribution in [3.63, 3.8) is 0 Å². The molecule has 0 radical (unpaired) electrons. The third-order valence-corrected chi connectivity index (χ3v) is 9.41. The van der Waals surface area contributed by atoms with Crippen LogP contribution in [0.5, 0.6) is 0 Å². The van der Waals surface area contributed by atoms with Crippen LogP contribution in [0.4, 0.5) is 0 Å². The average Bonchev–Trinajstić information content (AvgIpc) is 2.91. The molecule has 4 rings (SSSR count). The molecule has 1 heteroatoms. The average molecular weight is 293 g/mol. The first kappa shape index (κ1) is 15.8. The van der Waals surface area contributed by atoms with Gasteiger partial charge in [0.2, 0.25) is 0 Å². The predicted molar refractivity (Wildman–Crippen MR) is 89.1 cm³/mol. The molecule has 21 heavy (non-hydrogen) atoms. The largest absolute Gasteiger partial charge is 0.393 e. The Balaban J connectivity index is 0.000000126. The molecular weight excluding hydrogens is 256 g/mol. The molecule has 0 aliphatic heterocycles. The van der Waals surface area contributed by atoms with Gasteiger partial charge in [0.25, 0.3) is 0 Å². The summed E-state index contributed by atoms with van der Waals surface area (Å²) in [5.74, 6) is 1.83. The Kier molecular flexibility index (Phi) is 3.39. The lowest BCUT2D eigenvalue weighted by atomic mass is 9.70. The summed E-state index contributed by atoms with van der Waals surface area (Å²) in [5.41, 5.74) is 1.97. The number of fused-ring (bicyclic) bond motifs is 4. The van der Waals surface area contributed by atoms with Crippen LogP contribution in [0.1, 0.15) is 86.5 Å². The van der Waals surface area contributed by atoms with Crippen molar-refractivity contribution in [3.05, 3.63) is 0 Å². The Morgan fingerprint density at radius 1 is 0.714 bits per heavy atom. The molecule has 0 spiro atoms. The van der Waals surface area contributed by atoms with Crippen molar-refractivity contribution < 1.29 is 5.11 Å². The molecule has 0 saturated heterocycles. The zero-order valence-electron chi connectivity index (χ0n) is 15.1. The summed E-state index contributed by atoms with van der Waals surface area (Å²) in [7, 11) is 0. The molecule has 4 saturated carbocycles. The first-order valence-corrected chi connectivity index (χ1v) is 9.23. The van der Waals surface area contributed by atoms with Gasteiger partial charge in [0, 0.05) is 0 Å². The standard InChI is InChI=1S/C10H18O.C10H18/c1-9(2)7-4-5-10(9,3)8(11)6-7;1-9(2)8-4-6-10(9,3)7-5-8/h7-8,11H,4-6H2,1-3H3;8H,4-7H2,1-3H3/t7-,8+,10+;/m1./s1. The maximum absolute atomic E-state index is 9.81. The van der Waals surface area contributed by atoms with Gasteiger partial charge in [-0.05, 0) is 78.4 Å². The van der Waals surface area contributed by atoms with Gasteiger partial charge in [0.1, 0.15) is 0 Å². The van der Waals surface area contributed by atoms with Gasteiger partial charge >= 0.3 is 0 Å². The normalized spacial score (nSPS) is 51.9. The van der Waals surface area contributed by atoms with Crippen LogP contribution in [0.2, 0.25) is 0 Å². The second-order valence-corrected chi connectivity index (χ2v) is 10.2. The molecule has 0 unspecified atom stereocenters. The van der Waals surface area contributed by atoms with E-state index in [-0.39, 0.29) is 11.5 Å². The summed E-state index contributed by atoms with van der Waals surface area (Å²) < 4.78 is 0. The molecule has 4 fully saturated rings. The minimum Gasteiger partial charge on any atom is -0.393 e. The van der Waals surface area contributed by atoms with Crippen LogP contribution in [0, 0.1) is 33.5 Å². The van der Waals surface area contributed by atoms with Crippen LogP contribution < -0.4 is 0 Å². The second-order valence-electron chi connectivity index (χ2n) is 10.2. The maximum Gasteiger partial charge on any atom is 0.0601 e. The van der Waals surface area contributed by atoms with Crippen molar-refractivity contribution in [3.8, 4) is 0 Å². The van der Waals surface area contributed by atoms with E-state index in [0.29, 0.717) is 16.2 Å². The van der Waals surface area contributed by atoms with Crippen molar-refractivity contribution in [1.29, 1.82) is 0 Å². The van der Waals surface area contributed by atoms with Gasteiger partial charge in [0.15, 0.2) is 0 Å². The van der Waals surface area contributed by atoms with E-state index in [4.69, 9.17) is 0 Å². The fourth-order valence-electron chi connectivity index (χ4n) is 6.28. The van der Waals surface area contributed by atoms with Gasteiger partial charge < -0.3 is 5.11 Å². The predicted octanol–water partition coefficient (Wildman–Crippen LogP) is 5.42. The van der Waals surface area contributed by atoms with Crippen LogP contribution in [0.3, 0.4) is 0 Å². The molecule has 0 aromatic carbocycles. The fourth-order valence-corrected chi connectivity index (χ4v) is 6.28. The summed E-state index contributed by atoms with van der Waals surface area (Å²) in [6.45, 7) is 14.3. The molecule has 4 aliphatic rings. The molecule has 3 atom stereocenters. The number of hydrogen-bond acceptors (Lipinski definition) is 1.